The molecule has 11 heavy (non-hydrogen) atoms. The Morgan fingerprint density at radius 2 is 1.55 bits per heavy atom. The maximum atomic E-state index is 3.89. The molecule has 0 aliphatic carbocycles. The van der Waals surface area contributed by atoms with Crippen LogP contribution in [-0.2, 0) is 0 Å². The van der Waals surface area contributed by atoms with Gasteiger partial charge in [0.25, 0.3) is 0 Å². The molecule has 0 atom stereocenters. The van der Waals surface area contributed by atoms with Crippen LogP contribution in [0, 0.1) is 6.92 Å². The van der Waals surface area contributed by atoms with Gasteiger partial charge in [0.15, 0.2) is 0 Å². The second-order valence-corrected chi connectivity index (χ2v) is 7.17. The molecule has 0 aromatic carbocycles. The van der Waals surface area contributed by atoms with Crippen LogP contribution < -0.4 is 0 Å². The zero-order valence-electron chi connectivity index (χ0n) is 8.43. The van der Waals surface area contributed by atoms with E-state index in [1.165, 1.54) is 12.6 Å². The quantitative estimate of drug-likeness (QED) is 0.553. The largest absolute Gasteiger partial charge is 0.101 e. The standard InChI is InChI=1S/C10H22P/c1-6-7-8-11(9(2)3)10(4)5/h9-10H,1,6-8H2,2-5H3. The topological polar surface area (TPSA) is 0 Å². The molecule has 0 heterocycles. The Hall–Kier alpha value is 0.430. The van der Waals surface area contributed by atoms with Crippen molar-refractivity contribution in [3.63, 3.8) is 0 Å². The lowest BCUT2D eigenvalue weighted by molar-refractivity contribution is 0.922. The second-order valence-electron chi connectivity index (χ2n) is 3.63. The molecule has 1 radical (unpaired) electrons. The van der Waals surface area contributed by atoms with Crippen LogP contribution >= 0.6 is 7.92 Å². The van der Waals surface area contributed by atoms with Crippen LogP contribution in [-0.4, -0.2) is 17.5 Å². The third-order valence-corrected chi connectivity index (χ3v) is 5.48. The van der Waals surface area contributed by atoms with Gasteiger partial charge in [-0.2, -0.15) is 0 Å². The van der Waals surface area contributed by atoms with E-state index in [1.807, 2.05) is 0 Å². The van der Waals surface area contributed by atoms with Gasteiger partial charge in [0, 0.05) is 0 Å². The summed E-state index contributed by atoms with van der Waals surface area (Å²) in [5, 5.41) is 0. The van der Waals surface area contributed by atoms with Gasteiger partial charge < -0.3 is 0 Å². The number of hydrogen-bond acceptors (Lipinski definition) is 0. The summed E-state index contributed by atoms with van der Waals surface area (Å²) in [7, 11) is 0.275. The molecule has 0 unspecified atom stereocenters. The summed E-state index contributed by atoms with van der Waals surface area (Å²) in [4.78, 5) is 0. The molecular formula is C10H22P. The van der Waals surface area contributed by atoms with Crippen molar-refractivity contribution in [2.24, 2.45) is 0 Å². The van der Waals surface area contributed by atoms with E-state index in [2.05, 4.69) is 34.6 Å². The third-order valence-electron chi connectivity index (χ3n) is 1.99. The van der Waals surface area contributed by atoms with E-state index in [0.29, 0.717) is 0 Å². The van der Waals surface area contributed by atoms with Gasteiger partial charge in [0.1, 0.15) is 0 Å². The average molecular weight is 173 g/mol. The van der Waals surface area contributed by atoms with Crippen LogP contribution in [0.5, 0.6) is 0 Å². The Morgan fingerprint density at radius 1 is 1.09 bits per heavy atom. The van der Waals surface area contributed by atoms with E-state index in [1.54, 1.807) is 0 Å². The molecule has 0 rings (SSSR count). The van der Waals surface area contributed by atoms with Crippen LogP contribution in [0.2, 0.25) is 0 Å². The summed E-state index contributed by atoms with van der Waals surface area (Å²) in [6.07, 6.45) is 3.86. The zero-order valence-corrected chi connectivity index (χ0v) is 9.32. The molecule has 0 bridgehead atoms. The molecule has 0 amide bonds. The normalized spacial score (nSPS) is 12.0. The lowest BCUT2D eigenvalue weighted by Gasteiger charge is -2.25. The smallest absolute Gasteiger partial charge is 0.0264 e. The Morgan fingerprint density at radius 3 is 1.82 bits per heavy atom. The van der Waals surface area contributed by atoms with Gasteiger partial charge in [-0.1, -0.05) is 41.0 Å². The van der Waals surface area contributed by atoms with E-state index in [4.69, 9.17) is 0 Å². The summed E-state index contributed by atoms with van der Waals surface area (Å²) >= 11 is 0. The van der Waals surface area contributed by atoms with Gasteiger partial charge in [-0.05, 0) is 23.9 Å². The average Bonchev–Trinajstić information content (AvgIpc) is 1.87. The SMILES string of the molecule is [CH2]CCCP(C(C)C)C(C)C. The van der Waals surface area contributed by atoms with Crippen molar-refractivity contribution in [2.45, 2.75) is 51.9 Å². The van der Waals surface area contributed by atoms with Gasteiger partial charge in [0.05, 0.1) is 0 Å². The van der Waals surface area contributed by atoms with Crippen molar-refractivity contribution in [1.82, 2.24) is 0 Å². The highest BCUT2D eigenvalue weighted by molar-refractivity contribution is 7.59. The van der Waals surface area contributed by atoms with Crippen LogP contribution in [0.3, 0.4) is 0 Å². The predicted molar refractivity (Wildman–Crippen MR) is 56.7 cm³/mol. The molecule has 0 N–H and O–H groups in total. The van der Waals surface area contributed by atoms with E-state index >= 15 is 0 Å². The first kappa shape index (κ1) is 11.4. The van der Waals surface area contributed by atoms with Gasteiger partial charge in [-0.15, -0.1) is 7.92 Å². The third kappa shape index (κ3) is 4.80. The fourth-order valence-corrected chi connectivity index (χ4v) is 4.22. The molecule has 0 aliphatic rings. The van der Waals surface area contributed by atoms with Crippen molar-refractivity contribution in [3.8, 4) is 0 Å². The maximum Gasteiger partial charge on any atom is -0.0264 e. The van der Waals surface area contributed by atoms with Gasteiger partial charge >= 0.3 is 0 Å². The van der Waals surface area contributed by atoms with Gasteiger partial charge in [-0.25, -0.2) is 0 Å². The molecule has 0 nitrogen and oxygen atoms in total. The summed E-state index contributed by atoms with van der Waals surface area (Å²) in [6.45, 7) is 13.3. The van der Waals surface area contributed by atoms with Gasteiger partial charge in [0.2, 0.25) is 0 Å². The minimum Gasteiger partial charge on any atom is -0.101 e. The first-order chi connectivity index (χ1) is 5.09. The number of rotatable bonds is 5. The molecule has 0 aromatic rings. The summed E-state index contributed by atoms with van der Waals surface area (Å²) in [5.74, 6) is 0. The molecule has 67 valence electrons. The van der Waals surface area contributed by atoms with E-state index in [9.17, 15) is 0 Å². The van der Waals surface area contributed by atoms with Crippen LogP contribution in [0.25, 0.3) is 0 Å². The number of unbranched alkanes of at least 4 members (excludes halogenated alkanes) is 1. The molecule has 1 heteroatoms. The molecular weight excluding hydrogens is 151 g/mol. The highest BCUT2D eigenvalue weighted by Crippen LogP contribution is 2.46. The van der Waals surface area contributed by atoms with Gasteiger partial charge in [-0.3, -0.25) is 0 Å². The minimum absolute atomic E-state index is 0.275. The Balaban J connectivity index is 3.70. The number of hydrogen-bond donors (Lipinski definition) is 0. The fraction of sp³-hybridized carbons (Fsp3) is 0.900. The molecule has 0 aliphatic heterocycles. The van der Waals surface area contributed by atoms with Crippen molar-refractivity contribution < 1.29 is 0 Å². The Kier molecular flexibility index (Phi) is 6.24. The molecule has 0 saturated carbocycles. The molecule has 0 spiro atoms. The zero-order chi connectivity index (χ0) is 8.85. The molecule has 0 fully saturated rings. The van der Waals surface area contributed by atoms with E-state index < -0.39 is 0 Å². The Labute approximate surface area is 73.5 Å². The predicted octanol–water partition coefficient (Wildman–Crippen LogP) is 3.90. The Bertz CT molecular complexity index is 78.9. The monoisotopic (exact) mass is 173 g/mol. The van der Waals surface area contributed by atoms with Crippen molar-refractivity contribution in [1.29, 1.82) is 0 Å². The van der Waals surface area contributed by atoms with Crippen LogP contribution in [0.15, 0.2) is 0 Å². The summed E-state index contributed by atoms with van der Waals surface area (Å²) < 4.78 is 0. The lowest BCUT2D eigenvalue weighted by atomic mass is 10.4. The summed E-state index contributed by atoms with van der Waals surface area (Å²) in [5.41, 5.74) is 1.80. The van der Waals surface area contributed by atoms with Crippen LogP contribution in [0.1, 0.15) is 40.5 Å². The van der Waals surface area contributed by atoms with Crippen molar-refractivity contribution in [3.05, 3.63) is 6.92 Å². The first-order valence-electron chi connectivity index (χ1n) is 4.64. The van der Waals surface area contributed by atoms with Crippen molar-refractivity contribution >= 4 is 7.92 Å². The maximum absolute atomic E-state index is 3.89. The second kappa shape index (κ2) is 6.00. The minimum atomic E-state index is 0.275. The fourth-order valence-electron chi connectivity index (χ4n) is 1.41. The van der Waals surface area contributed by atoms with E-state index in [0.717, 1.165) is 17.7 Å². The first-order valence-corrected chi connectivity index (χ1v) is 6.31. The molecule has 0 saturated heterocycles. The highest BCUT2D eigenvalue weighted by atomic mass is 31.1. The molecule has 0 aromatic heterocycles. The van der Waals surface area contributed by atoms with Crippen molar-refractivity contribution in [2.75, 3.05) is 6.16 Å². The summed E-state index contributed by atoms with van der Waals surface area (Å²) in [6, 6.07) is 0. The lowest BCUT2D eigenvalue weighted by Crippen LogP contribution is -2.06. The van der Waals surface area contributed by atoms with Crippen LogP contribution in [0.4, 0.5) is 0 Å². The van der Waals surface area contributed by atoms with E-state index in [-0.39, 0.29) is 7.92 Å². The highest BCUT2D eigenvalue weighted by Gasteiger charge is 2.14.